The Morgan fingerprint density at radius 1 is 1.08 bits per heavy atom. The minimum atomic E-state index is 0.297. The average Bonchev–Trinajstić information content (AvgIpc) is 2.11. The zero-order valence-electron chi connectivity index (χ0n) is 8.60. The Labute approximate surface area is 75.9 Å². The lowest BCUT2D eigenvalue weighted by Crippen LogP contribution is -2.31. The predicted molar refractivity (Wildman–Crippen MR) is 52.1 cm³/mol. The average molecular weight is 171 g/mol. The summed E-state index contributed by atoms with van der Waals surface area (Å²) in [5.41, 5.74) is 0. The standard InChI is InChI=1S/C10H21NO/c1-4-7-9-11(8-5-2)10(12)6-3/h4-9H2,1-3H3. The fraction of sp³-hybridized carbons (Fsp3) is 0.900. The van der Waals surface area contributed by atoms with Crippen LogP contribution in [0.25, 0.3) is 0 Å². The van der Waals surface area contributed by atoms with Crippen molar-refractivity contribution < 1.29 is 4.79 Å². The van der Waals surface area contributed by atoms with Crippen LogP contribution in [0, 0.1) is 0 Å². The monoisotopic (exact) mass is 171 g/mol. The molecule has 0 aliphatic rings. The Bertz CT molecular complexity index is 123. The number of rotatable bonds is 6. The van der Waals surface area contributed by atoms with E-state index in [0.29, 0.717) is 12.3 Å². The fourth-order valence-electron chi connectivity index (χ4n) is 1.20. The molecule has 0 heterocycles. The molecule has 0 unspecified atom stereocenters. The number of carbonyl (C=O) groups excluding carboxylic acids is 1. The normalized spacial score (nSPS) is 9.92. The second kappa shape index (κ2) is 7.14. The maximum absolute atomic E-state index is 11.3. The molecule has 0 aromatic rings. The van der Waals surface area contributed by atoms with Gasteiger partial charge in [-0.15, -0.1) is 0 Å². The van der Waals surface area contributed by atoms with E-state index in [4.69, 9.17) is 0 Å². The van der Waals surface area contributed by atoms with Gasteiger partial charge in [0.25, 0.3) is 0 Å². The molecule has 0 aromatic heterocycles. The fourth-order valence-corrected chi connectivity index (χ4v) is 1.20. The number of carbonyl (C=O) groups is 1. The summed E-state index contributed by atoms with van der Waals surface area (Å²) in [4.78, 5) is 13.3. The lowest BCUT2D eigenvalue weighted by Gasteiger charge is -2.20. The molecular formula is C10H21NO. The molecule has 0 aromatic carbocycles. The van der Waals surface area contributed by atoms with Crippen LogP contribution < -0.4 is 0 Å². The van der Waals surface area contributed by atoms with Gasteiger partial charge in [0.15, 0.2) is 0 Å². The summed E-state index contributed by atoms with van der Waals surface area (Å²) >= 11 is 0. The second-order valence-corrected chi connectivity index (χ2v) is 3.09. The van der Waals surface area contributed by atoms with Crippen molar-refractivity contribution >= 4 is 5.91 Å². The summed E-state index contributed by atoms with van der Waals surface area (Å²) in [7, 11) is 0. The highest BCUT2D eigenvalue weighted by Crippen LogP contribution is 1.99. The summed E-state index contributed by atoms with van der Waals surface area (Å²) in [6, 6.07) is 0. The van der Waals surface area contributed by atoms with E-state index in [2.05, 4.69) is 13.8 Å². The highest BCUT2D eigenvalue weighted by Gasteiger charge is 2.08. The lowest BCUT2D eigenvalue weighted by molar-refractivity contribution is -0.130. The first-order valence-corrected chi connectivity index (χ1v) is 5.04. The first-order chi connectivity index (χ1) is 5.76. The van der Waals surface area contributed by atoms with Gasteiger partial charge < -0.3 is 4.90 Å². The molecular weight excluding hydrogens is 150 g/mol. The van der Waals surface area contributed by atoms with Crippen LogP contribution in [0.4, 0.5) is 0 Å². The van der Waals surface area contributed by atoms with Gasteiger partial charge in [-0.25, -0.2) is 0 Å². The number of hydrogen-bond donors (Lipinski definition) is 0. The molecule has 0 atom stereocenters. The Balaban J connectivity index is 3.76. The van der Waals surface area contributed by atoms with Crippen molar-refractivity contribution in [1.82, 2.24) is 4.90 Å². The van der Waals surface area contributed by atoms with E-state index in [1.807, 2.05) is 11.8 Å². The van der Waals surface area contributed by atoms with E-state index in [-0.39, 0.29) is 0 Å². The third kappa shape index (κ3) is 4.37. The summed E-state index contributed by atoms with van der Waals surface area (Å²) in [5.74, 6) is 0.297. The lowest BCUT2D eigenvalue weighted by atomic mass is 10.3. The Morgan fingerprint density at radius 3 is 2.17 bits per heavy atom. The maximum atomic E-state index is 11.3. The molecule has 2 heteroatoms. The zero-order chi connectivity index (χ0) is 9.40. The molecule has 0 spiro atoms. The molecule has 0 rings (SSSR count). The van der Waals surface area contributed by atoms with Crippen molar-refractivity contribution in [3.63, 3.8) is 0 Å². The van der Waals surface area contributed by atoms with Gasteiger partial charge in [0, 0.05) is 19.5 Å². The van der Waals surface area contributed by atoms with Crippen molar-refractivity contribution in [1.29, 1.82) is 0 Å². The third-order valence-electron chi connectivity index (χ3n) is 1.93. The molecule has 0 radical (unpaired) electrons. The number of hydrogen-bond acceptors (Lipinski definition) is 1. The van der Waals surface area contributed by atoms with E-state index in [1.54, 1.807) is 0 Å². The summed E-state index contributed by atoms with van der Waals surface area (Å²) < 4.78 is 0. The predicted octanol–water partition coefficient (Wildman–Crippen LogP) is 2.44. The van der Waals surface area contributed by atoms with Crippen molar-refractivity contribution in [2.45, 2.75) is 46.5 Å². The quantitative estimate of drug-likeness (QED) is 0.601. The first-order valence-electron chi connectivity index (χ1n) is 5.04. The van der Waals surface area contributed by atoms with Gasteiger partial charge in [0.2, 0.25) is 5.91 Å². The Hall–Kier alpha value is -0.530. The highest BCUT2D eigenvalue weighted by molar-refractivity contribution is 5.75. The van der Waals surface area contributed by atoms with Gasteiger partial charge in [0.05, 0.1) is 0 Å². The van der Waals surface area contributed by atoms with Crippen LogP contribution >= 0.6 is 0 Å². The van der Waals surface area contributed by atoms with Crippen molar-refractivity contribution in [3.8, 4) is 0 Å². The van der Waals surface area contributed by atoms with Crippen LogP contribution in [0.15, 0.2) is 0 Å². The van der Waals surface area contributed by atoms with Crippen molar-refractivity contribution in [3.05, 3.63) is 0 Å². The van der Waals surface area contributed by atoms with Crippen molar-refractivity contribution in [2.24, 2.45) is 0 Å². The topological polar surface area (TPSA) is 20.3 Å². The summed E-state index contributed by atoms with van der Waals surface area (Å²) in [6.45, 7) is 8.06. The number of nitrogens with zero attached hydrogens (tertiary/aromatic N) is 1. The first kappa shape index (κ1) is 11.5. The number of amides is 1. The molecule has 0 aliphatic carbocycles. The van der Waals surface area contributed by atoms with Gasteiger partial charge >= 0.3 is 0 Å². The van der Waals surface area contributed by atoms with E-state index in [9.17, 15) is 4.79 Å². The zero-order valence-corrected chi connectivity index (χ0v) is 8.60. The smallest absolute Gasteiger partial charge is 0.222 e. The second-order valence-electron chi connectivity index (χ2n) is 3.09. The molecule has 0 bridgehead atoms. The summed E-state index contributed by atoms with van der Waals surface area (Å²) in [6.07, 6.45) is 4.00. The Kier molecular flexibility index (Phi) is 6.82. The molecule has 72 valence electrons. The molecule has 0 saturated heterocycles. The van der Waals surface area contributed by atoms with Crippen LogP contribution in [0.3, 0.4) is 0 Å². The molecule has 0 fully saturated rings. The van der Waals surface area contributed by atoms with Crippen LogP contribution in [0.1, 0.15) is 46.5 Å². The molecule has 0 N–H and O–H groups in total. The van der Waals surface area contributed by atoms with Gasteiger partial charge in [-0.05, 0) is 12.8 Å². The van der Waals surface area contributed by atoms with Crippen LogP contribution in [0.2, 0.25) is 0 Å². The van der Waals surface area contributed by atoms with Crippen LogP contribution in [-0.2, 0) is 4.79 Å². The van der Waals surface area contributed by atoms with E-state index >= 15 is 0 Å². The maximum Gasteiger partial charge on any atom is 0.222 e. The third-order valence-corrected chi connectivity index (χ3v) is 1.93. The molecule has 2 nitrogen and oxygen atoms in total. The van der Waals surface area contributed by atoms with Gasteiger partial charge in [-0.1, -0.05) is 27.2 Å². The van der Waals surface area contributed by atoms with Gasteiger partial charge in [-0.3, -0.25) is 4.79 Å². The molecule has 12 heavy (non-hydrogen) atoms. The Morgan fingerprint density at radius 2 is 1.75 bits per heavy atom. The summed E-state index contributed by atoms with van der Waals surface area (Å²) in [5, 5.41) is 0. The number of unbranched alkanes of at least 4 members (excludes halogenated alkanes) is 1. The van der Waals surface area contributed by atoms with E-state index in [0.717, 1.165) is 32.4 Å². The van der Waals surface area contributed by atoms with Gasteiger partial charge in [0.1, 0.15) is 0 Å². The minimum Gasteiger partial charge on any atom is -0.343 e. The van der Waals surface area contributed by atoms with Gasteiger partial charge in [-0.2, -0.15) is 0 Å². The van der Waals surface area contributed by atoms with Crippen LogP contribution in [0.5, 0.6) is 0 Å². The minimum absolute atomic E-state index is 0.297. The van der Waals surface area contributed by atoms with E-state index in [1.165, 1.54) is 0 Å². The highest BCUT2D eigenvalue weighted by atomic mass is 16.2. The SMILES string of the molecule is CCCCN(CCC)C(=O)CC. The van der Waals surface area contributed by atoms with Crippen molar-refractivity contribution in [2.75, 3.05) is 13.1 Å². The largest absolute Gasteiger partial charge is 0.343 e. The van der Waals surface area contributed by atoms with E-state index < -0.39 is 0 Å². The molecule has 0 saturated carbocycles. The van der Waals surface area contributed by atoms with Crippen LogP contribution in [-0.4, -0.2) is 23.9 Å². The molecule has 0 aliphatic heterocycles. The molecule has 1 amide bonds.